The smallest absolute Gasteiger partial charge is 0.132 e. The molecule has 0 heterocycles. The maximum Gasteiger partial charge on any atom is 0.132 e. The van der Waals surface area contributed by atoms with E-state index in [0.717, 1.165) is 38.4 Å². The average molecular weight is 558 g/mol. The van der Waals surface area contributed by atoms with E-state index in [9.17, 15) is 5.11 Å². The van der Waals surface area contributed by atoms with E-state index >= 15 is 0 Å². The Morgan fingerprint density at radius 2 is 1.07 bits per heavy atom. The van der Waals surface area contributed by atoms with Crippen LogP contribution in [-0.4, -0.2) is 11.3 Å². The number of benzene rings is 7. The van der Waals surface area contributed by atoms with Gasteiger partial charge in [-0.3, -0.25) is 4.99 Å². The molecule has 0 fully saturated rings. The number of phenolic OH excluding ortho intramolecular Hbond substituents is 1. The van der Waals surface area contributed by atoms with Crippen LogP contribution in [0.5, 0.6) is 5.75 Å². The van der Waals surface area contributed by atoms with Crippen molar-refractivity contribution in [3.05, 3.63) is 163 Å². The van der Waals surface area contributed by atoms with E-state index in [1.165, 1.54) is 15.9 Å². The maximum absolute atomic E-state index is 11.7. The van der Waals surface area contributed by atoms with Gasteiger partial charge in [0.05, 0.1) is 5.69 Å². The zero-order valence-electron chi connectivity index (χ0n) is 22.9. The van der Waals surface area contributed by atoms with Crippen LogP contribution in [0.4, 0.5) is 5.69 Å². The molecule has 7 aromatic carbocycles. The van der Waals surface area contributed by atoms with Gasteiger partial charge >= 0.3 is 0 Å². The SMILES string of the molecule is Oc1c(C=Nc2ccccc2P(c2ccccc2)c2ccccc2)cccc1-c1c2ccccc2cc2ccccc12. The lowest BCUT2D eigenvalue weighted by Gasteiger charge is -2.20. The summed E-state index contributed by atoms with van der Waals surface area (Å²) >= 11 is 0. The Balaban J connectivity index is 1.35. The van der Waals surface area contributed by atoms with E-state index in [2.05, 4.69) is 133 Å². The molecule has 0 spiro atoms. The van der Waals surface area contributed by atoms with Crippen LogP contribution < -0.4 is 15.9 Å². The molecule has 0 atom stereocenters. The van der Waals surface area contributed by atoms with Crippen LogP contribution >= 0.6 is 7.92 Å². The quantitative estimate of drug-likeness (QED) is 0.124. The Labute approximate surface area is 247 Å². The number of aromatic hydroxyl groups is 1. The Kier molecular flexibility index (Phi) is 7.06. The fourth-order valence-electron chi connectivity index (χ4n) is 5.65. The van der Waals surface area contributed by atoms with E-state index in [1.807, 2.05) is 24.3 Å². The van der Waals surface area contributed by atoms with Gasteiger partial charge in [0, 0.05) is 28.2 Å². The van der Waals surface area contributed by atoms with Crippen LogP contribution in [0.15, 0.2) is 163 Å². The summed E-state index contributed by atoms with van der Waals surface area (Å²) in [5.74, 6) is 0.230. The Bertz CT molecular complexity index is 1960. The topological polar surface area (TPSA) is 32.6 Å². The molecule has 0 unspecified atom stereocenters. The van der Waals surface area contributed by atoms with E-state index in [4.69, 9.17) is 4.99 Å². The molecule has 0 saturated heterocycles. The molecule has 2 nitrogen and oxygen atoms in total. The molecule has 200 valence electrons. The van der Waals surface area contributed by atoms with Gasteiger partial charge in [0.1, 0.15) is 5.75 Å². The van der Waals surface area contributed by atoms with Crippen molar-refractivity contribution in [1.82, 2.24) is 0 Å². The lowest BCUT2D eigenvalue weighted by atomic mass is 9.91. The summed E-state index contributed by atoms with van der Waals surface area (Å²) in [5.41, 5.74) is 3.42. The van der Waals surface area contributed by atoms with E-state index in [-0.39, 0.29) is 5.75 Å². The number of aliphatic imine (C=N–C) groups is 1. The minimum atomic E-state index is -0.813. The zero-order chi connectivity index (χ0) is 28.3. The Hall–Kier alpha value is -5.04. The molecule has 0 aromatic heterocycles. The third kappa shape index (κ3) is 4.87. The van der Waals surface area contributed by atoms with Crippen molar-refractivity contribution in [2.45, 2.75) is 0 Å². The van der Waals surface area contributed by atoms with Gasteiger partial charge < -0.3 is 5.11 Å². The Morgan fingerprint density at radius 1 is 0.524 bits per heavy atom. The highest BCUT2D eigenvalue weighted by atomic mass is 31.1. The average Bonchev–Trinajstić information content (AvgIpc) is 3.05. The summed E-state index contributed by atoms with van der Waals surface area (Å²) in [6.45, 7) is 0. The van der Waals surface area contributed by atoms with Gasteiger partial charge in [0.15, 0.2) is 0 Å². The number of para-hydroxylation sites is 2. The monoisotopic (exact) mass is 557 g/mol. The highest BCUT2D eigenvalue weighted by Crippen LogP contribution is 2.41. The second-order valence-corrected chi connectivity index (χ2v) is 12.4. The minimum Gasteiger partial charge on any atom is -0.507 e. The van der Waals surface area contributed by atoms with Gasteiger partial charge in [0.25, 0.3) is 0 Å². The van der Waals surface area contributed by atoms with Gasteiger partial charge in [-0.05, 0) is 58.3 Å². The summed E-state index contributed by atoms with van der Waals surface area (Å²) in [6, 6.07) is 54.5. The fourth-order valence-corrected chi connectivity index (χ4v) is 8.05. The summed E-state index contributed by atoms with van der Waals surface area (Å²) in [6.07, 6.45) is 1.80. The van der Waals surface area contributed by atoms with Crippen LogP contribution in [0.25, 0.3) is 32.7 Å². The van der Waals surface area contributed by atoms with Gasteiger partial charge in [-0.1, -0.05) is 140 Å². The number of hydrogen-bond donors (Lipinski definition) is 1. The zero-order valence-corrected chi connectivity index (χ0v) is 23.8. The van der Waals surface area contributed by atoms with Crippen molar-refractivity contribution in [1.29, 1.82) is 0 Å². The summed E-state index contributed by atoms with van der Waals surface area (Å²) in [7, 11) is -0.813. The number of hydrogen-bond acceptors (Lipinski definition) is 2. The second kappa shape index (κ2) is 11.4. The summed E-state index contributed by atoms with van der Waals surface area (Å²) < 4.78 is 0. The van der Waals surface area contributed by atoms with E-state index in [0.29, 0.717) is 5.56 Å². The van der Waals surface area contributed by atoms with E-state index in [1.54, 1.807) is 6.21 Å². The number of nitrogens with zero attached hydrogens (tertiary/aromatic N) is 1. The molecule has 0 saturated carbocycles. The second-order valence-electron chi connectivity index (χ2n) is 10.2. The van der Waals surface area contributed by atoms with Crippen LogP contribution in [-0.2, 0) is 0 Å². The van der Waals surface area contributed by atoms with Gasteiger partial charge in [0.2, 0.25) is 0 Å². The minimum absolute atomic E-state index is 0.230. The van der Waals surface area contributed by atoms with Crippen molar-refractivity contribution in [2.75, 3.05) is 0 Å². The lowest BCUT2D eigenvalue weighted by molar-refractivity contribution is 0.476. The van der Waals surface area contributed by atoms with Crippen molar-refractivity contribution in [2.24, 2.45) is 4.99 Å². The van der Waals surface area contributed by atoms with E-state index < -0.39 is 7.92 Å². The van der Waals surface area contributed by atoms with Crippen LogP contribution in [0.3, 0.4) is 0 Å². The molecule has 7 aromatic rings. The largest absolute Gasteiger partial charge is 0.507 e. The molecule has 1 N–H and O–H groups in total. The summed E-state index contributed by atoms with van der Waals surface area (Å²) in [4.78, 5) is 5.00. The van der Waals surface area contributed by atoms with Crippen molar-refractivity contribution < 1.29 is 5.11 Å². The first-order chi connectivity index (χ1) is 20.8. The molecular formula is C39H28NOP. The highest BCUT2D eigenvalue weighted by Gasteiger charge is 2.19. The predicted octanol–water partition coefficient (Wildman–Crippen LogP) is 8.87. The first-order valence-corrected chi connectivity index (χ1v) is 15.4. The molecule has 0 bridgehead atoms. The van der Waals surface area contributed by atoms with Crippen LogP contribution in [0.2, 0.25) is 0 Å². The standard InChI is InChI=1S/C39H28NOP/c41-39-30(16-13-23-35(39)38-33-21-9-7-14-28(33)26-29-15-8-10-22-34(29)38)27-40-36-24-11-12-25-37(36)42(31-17-3-1-4-18-31)32-19-5-2-6-20-32/h1-27,41H. The lowest BCUT2D eigenvalue weighted by Crippen LogP contribution is -2.20. The third-order valence-corrected chi connectivity index (χ3v) is 10.1. The molecule has 0 radical (unpaired) electrons. The first-order valence-electron chi connectivity index (χ1n) is 14.0. The normalized spacial score (nSPS) is 11.5. The molecule has 42 heavy (non-hydrogen) atoms. The number of fused-ring (bicyclic) bond motifs is 2. The highest BCUT2D eigenvalue weighted by molar-refractivity contribution is 7.80. The molecule has 0 aliphatic rings. The van der Waals surface area contributed by atoms with Crippen molar-refractivity contribution in [3.63, 3.8) is 0 Å². The Morgan fingerprint density at radius 3 is 1.71 bits per heavy atom. The predicted molar refractivity (Wildman–Crippen MR) is 181 cm³/mol. The molecular weight excluding hydrogens is 529 g/mol. The number of rotatable bonds is 6. The molecule has 0 amide bonds. The number of phenols is 1. The van der Waals surface area contributed by atoms with Crippen molar-refractivity contribution in [3.8, 4) is 16.9 Å². The molecule has 3 heteroatoms. The first kappa shape index (κ1) is 25.9. The van der Waals surface area contributed by atoms with Gasteiger partial charge in [-0.25, -0.2) is 0 Å². The fraction of sp³-hybridized carbons (Fsp3) is 0. The summed E-state index contributed by atoms with van der Waals surface area (Å²) in [5, 5.41) is 19.9. The van der Waals surface area contributed by atoms with Crippen LogP contribution in [0, 0.1) is 0 Å². The third-order valence-electron chi connectivity index (χ3n) is 7.60. The van der Waals surface area contributed by atoms with Crippen LogP contribution in [0.1, 0.15) is 5.56 Å². The molecule has 0 aliphatic carbocycles. The van der Waals surface area contributed by atoms with Gasteiger partial charge in [-0.2, -0.15) is 0 Å². The molecule has 7 rings (SSSR count). The molecule has 0 aliphatic heterocycles. The van der Waals surface area contributed by atoms with Gasteiger partial charge in [-0.15, -0.1) is 0 Å². The van der Waals surface area contributed by atoms with Crippen molar-refractivity contribution >= 4 is 57.3 Å². The maximum atomic E-state index is 11.7.